The molecule has 0 spiro atoms. The number of aromatic nitrogens is 4. The number of benzene rings is 1. The van der Waals surface area contributed by atoms with Crippen molar-refractivity contribution >= 4 is 40.0 Å². The molecule has 0 amide bonds. The van der Waals surface area contributed by atoms with Crippen LogP contribution in [0.15, 0.2) is 30.7 Å². The van der Waals surface area contributed by atoms with Crippen molar-refractivity contribution in [2.24, 2.45) is 0 Å². The number of fused-ring (bicyclic) bond motifs is 1. The summed E-state index contributed by atoms with van der Waals surface area (Å²) >= 11 is 1.26. The van der Waals surface area contributed by atoms with Gasteiger partial charge in [-0.25, -0.2) is 9.97 Å². The molecule has 1 aromatic carbocycles. The molecule has 0 radical (unpaired) electrons. The van der Waals surface area contributed by atoms with Crippen molar-refractivity contribution < 1.29 is 0 Å². The molecular formula is C16H19N7S. The van der Waals surface area contributed by atoms with Gasteiger partial charge in [-0.05, 0) is 18.2 Å². The van der Waals surface area contributed by atoms with E-state index in [9.17, 15) is 0 Å². The first kappa shape index (κ1) is 15.1. The second-order valence-corrected chi connectivity index (χ2v) is 6.59. The smallest absolute Gasteiger partial charge is 0.162 e. The fraction of sp³-hybridized carbons (Fsp3) is 0.375. The third kappa shape index (κ3) is 2.73. The third-order valence-electron chi connectivity index (χ3n) is 4.34. The molecule has 24 heavy (non-hydrogen) atoms. The van der Waals surface area contributed by atoms with Crippen LogP contribution in [-0.4, -0.2) is 59.0 Å². The minimum absolute atomic E-state index is 0.953. The number of hydrogen-bond acceptors (Lipinski definition) is 8. The van der Waals surface area contributed by atoms with E-state index in [1.165, 1.54) is 17.4 Å². The van der Waals surface area contributed by atoms with Gasteiger partial charge in [-0.2, -0.15) is 8.75 Å². The molecule has 1 fully saturated rings. The second-order valence-electron chi connectivity index (χ2n) is 6.03. The summed E-state index contributed by atoms with van der Waals surface area (Å²) in [5, 5.41) is 1.09. The first-order chi connectivity index (χ1) is 11.7. The van der Waals surface area contributed by atoms with Gasteiger partial charge in [-0.15, -0.1) is 0 Å². The van der Waals surface area contributed by atoms with Crippen LogP contribution >= 0.6 is 11.7 Å². The van der Waals surface area contributed by atoms with Crippen LogP contribution in [0.1, 0.15) is 0 Å². The molecule has 1 aliphatic heterocycles. The standard InChI is InChI=1S/C16H19N7S/c1-21(2)16-13-9-12(3-4-14(13)17-11-18-16)22-5-7-23(8-6-22)15-10-19-24-20-15/h3-4,9-11H,5-8H2,1-2H3. The van der Waals surface area contributed by atoms with Gasteiger partial charge in [0, 0.05) is 51.3 Å². The molecule has 0 bridgehead atoms. The molecule has 0 unspecified atom stereocenters. The van der Waals surface area contributed by atoms with Crippen LogP contribution in [0.25, 0.3) is 10.9 Å². The lowest BCUT2D eigenvalue weighted by molar-refractivity contribution is 0.649. The zero-order valence-corrected chi connectivity index (χ0v) is 14.6. The van der Waals surface area contributed by atoms with E-state index in [0.717, 1.165) is 48.7 Å². The largest absolute Gasteiger partial charge is 0.368 e. The predicted molar refractivity (Wildman–Crippen MR) is 98.2 cm³/mol. The lowest BCUT2D eigenvalue weighted by Crippen LogP contribution is -2.46. The highest BCUT2D eigenvalue weighted by Gasteiger charge is 2.19. The normalized spacial score (nSPS) is 15.1. The van der Waals surface area contributed by atoms with Gasteiger partial charge in [0.2, 0.25) is 0 Å². The van der Waals surface area contributed by atoms with Crippen molar-refractivity contribution in [3.05, 3.63) is 30.7 Å². The summed E-state index contributed by atoms with van der Waals surface area (Å²) in [5.41, 5.74) is 2.20. The number of rotatable bonds is 3. The van der Waals surface area contributed by atoms with Crippen LogP contribution < -0.4 is 14.7 Å². The van der Waals surface area contributed by atoms with E-state index in [0.29, 0.717) is 0 Å². The summed E-state index contributed by atoms with van der Waals surface area (Å²) in [7, 11) is 4.02. The maximum Gasteiger partial charge on any atom is 0.162 e. The third-order valence-corrected chi connectivity index (χ3v) is 4.81. The van der Waals surface area contributed by atoms with Gasteiger partial charge >= 0.3 is 0 Å². The van der Waals surface area contributed by atoms with E-state index in [2.05, 4.69) is 46.7 Å². The average Bonchev–Trinajstić information content (AvgIpc) is 3.15. The van der Waals surface area contributed by atoms with Crippen LogP contribution in [0.3, 0.4) is 0 Å². The van der Waals surface area contributed by atoms with Crippen LogP contribution in [-0.2, 0) is 0 Å². The number of anilines is 3. The van der Waals surface area contributed by atoms with Crippen LogP contribution in [0.2, 0.25) is 0 Å². The summed E-state index contributed by atoms with van der Waals surface area (Å²) in [4.78, 5) is 15.5. The maximum atomic E-state index is 4.41. The van der Waals surface area contributed by atoms with E-state index < -0.39 is 0 Å². The van der Waals surface area contributed by atoms with Crippen LogP contribution in [0.4, 0.5) is 17.3 Å². The van der Waals surface area contributed by atoms with Crippen molar-refractivity contribution in [2.75, 3.05) is 55.0 Å². The lowest BCUT2D eigenvalue weighted by Gasteiger charge is -2.36. The molecule has 1 aliphatic rings. The highest BCUT2D eigenvalue weighted by Crippen LogP contribution is 2.27. The summed E-state index contributed by atoms with van der Waals surface area (Å²) in [6.07, 6.45) is 3.47. The highest BCUT2D eigenvalue weighted by atomic mass is 32.1. The molecule has 3 heterocycles. The minimum Gasteiger partial charge on any atom is -0.368 e. The SMILES string of the molecule is CN(C)c1ncnc2ccc(N3CCN(c4cnsn4)CC3)cc12. The van der Waals surface area contributed by atoms with E-state index in [1.807, 2.05) is 25.2 Å². The molecule has 0 atom stereocenters. The van der Waals surface area contributed by atoms with Gasteiger partial charge in [-0.3, -0.25) is 0 Å². The second kappa shape index (κ2) is 6.20. The number of hydrogen-bond donors (Lipinski definition) is 0. The Balaban J connectivity index is 1.58. The van der Waals surface area contributed by atoms with Crippen molar-refractivity contribution in [1.29, 1.82) is 0 Å². The monoisotopic (exact) mass is 341 g/mol. The topological polar surface area (TPSA) is 61.3 Å². The summed E-state index contributed by atoms with van der Waals surface area (Å²) in [6.45, 7) is 3.84. The maximum absolute atomic E-state index is 4.41. The zero-order chi connectivity index (χ0) is 16.5. The summed E-state index contributed by atoms with van der Waals surface area (Å²) in [6, 6.07) is 6.43. The van der Waals surface area contributed by atoms with Gasteiger partial charge in [0.25, 0.3) is 0 Å². The fourth-order valence-corrected chi connectivity index (χ4v) is 3.51. The molecule has 4 rings (SSSR count). The first-order valence-corrected chi connectivity index (χ1v) is 8.65. The van der Waals surface area contributed by atoms with Gasteiger partial charge in [-0.1, -0.05) is 0 Å². The van der Waals surface area contributed by atoms with Gasteiger partial charge < -0.3 is 14.7 Å². The van der Waals surface area contributed by atoms with Gasteiger partial charge in [0.1, 0.15) is 12.1 Å². The Labute approximate surface area is 144 Å². The molecule has 2 aromatic heterocycles. The molecular weight excluding hydrogens is 322 g/mol. The van der Waals surface area contributed by atoms with Gasteiger partial charge in [0.15, 0.2) is 5.82 Å². The van der Waals surface area contributed by atoms with E-state index in [-0.39, 0.29) is 0 Å². The quantitative estimate of drug-likeness (QED) is 0.721. The molecule has 0 saturated carbocycles. The predicted octanol–water partition coefficient (Wildman–Crippen LogP) is 1.87. The number of nitrogens with zero attached hydrogens (tertiary/aromatic N) is 7. The fourth-order valence-electron chi connectivity index (χ4n) is 3.08. The summed E-state index contributed by atoms with van der Waals surface area (Å²) in [5.74, 6) is 1.94. The Morgan fingerprint density at radius 2 is 1.83 bits per heavy atom. The molecule has 1 saturated heterocycles. The van der Waals surface area contributed by atoms with Crippen molar-refractivity contribution in [3.63, 3.8) is 0 Å². The molecule has 0 N–H and O–H groups in total. The average molecular weight is 341 g/mol. The Kier molecular flexibility index (Phi) is 3.89. The van der Waals surface area contributed by atoms with Crippen molar-refractivity contribution in [3.8, 4) is 0 Å². The highest BCUT2D eigenvalue weighted by molar-refractivity contribution is 6.99. The van der Waals surface area contributed by atoms with E-state index >= 15 is 0 Å². The Bertz CT molecular complexity index is 826. The van der Waals surface area contributed by atoms with Gasteiger partial charge in [0.05, 0.1) is 23.4 Å². The van der Waals surface area contributed by atoms with Crippen LogP contribution in [0.5, 0.6) is 0 Å². The molecule has 7 nitrogen and oxygen atoms in total. The molecule has 124 valence electrons. The number of piperazine rings is 1. The van der Waals surface area contributed by atoms with E-state index in [4.69, 9.17) is 0 Å². The zero-order valence-electron chi connectivity index (χ0n) is 13.8. The Morgan fingerprint density at radius 1 is 1.04 bits per heavy atom. The molecule has 3 aromatic rings. The van der Waals surface area contributed by atoms with Crippen molar-refractivity contribution in [1.82, 2.24) is 18.7 Å². The van der Waals surface area contributed by atoms with E-state index in [1.54, 1.807) is 6.33 Å². The minimum atomic E-state index is 0.953. The van der Waals surface area contributed by atoms with Crippen LogP contribution in [0, 0.1) is 0 Å². The Hall–Kier alpha value is -2.48. The van der Waals surface area contributed by atoms with Crippen molar-refractivity contribution in [2.45, 2.75) is 0 Å². The first-order valence-electron chi connectivity index (χ1n) is 7.92. The molecule has 8 heteroatoms. The Morgan fingerprint density at radius 3 is 2.54 bits per heavy atom. The lowest BCUT2D eigenvalue weighted by atomic mass is 10.1. The molecule has 0 aliphatic carbocycles. The summed E-state index contributed by atoms with van der Waals surface area (Å²) < 4.78 is 8.42.